The smallest absolute Gasteiger partial charge is 0.255 e. The number of nitrogens with one attached hydrogen (secondary N) is 1. The number of anilines is 1. The zero-order chi connectivity index (χ0) is 23.7. The Morgan fingerprint density at radius 1 is 1.03 bits per heavy atom. The zero-order valence-electron chi connectivity index (χ0n) is 18.5. The van der Waals surface area contributed by atoms with E-state index in [2.05, 4.69) is 10.3 Å². The lowest BCUT2D eigenvalue weighted by molar-refractivity contribution is 0.0730. The van der Waals surface area contributed by atoms with Crippen LogP contribution in [-0.4, -0.2) is 49.9 Å². The van der Waals surface area contributed by atoms with Crippen molar-refractivity contribution in [1.29, 1.82) is 0 Å². The number of aryl methyl sites for hydroxylation is 1. The van der Waals surface area contributed by atoms with Crippen LogP contribution in [0, 0.1) is 6.92 Å². The van der Waals surface area contributed by atoms with Crippen molar-refractivity contribution in [3.63, 3.8) is 0 Å². The van der Waals surface area contributed by atoms with Crippen LogP contribution in [0.1, 0.15) is 15.9 Å². The molecule has 1 saturated heterocycles. The Bertz CT molecular complexity index is 1420. The maximum absolute atomic E-state index is 13.0. The lowest BCUT2D eigenvalue weighted by Crippen LogP contribution is -2.40. The van der Waals surface area contributed by atoms with Gasteiger partial charge in [-0.1, -0.05) is 18.2 Å². The highest BCUT2D eigenvalue weighted by Crippen LogP contribution is 2.30. The molecule has 1 aromatic heterocycles. The summed E-state index contributed by atoms with van der Waals surface area (Å²) in [5.41, 5.74) is 3.57. The molecule has 5 rings (SSSR count). The quantitative estimate of drug-likeness (QED) is 0.441. The van der Waals surface area contributed by atoms with Crippen LogP contribution >= 0.6 is 11.3 Å². The van der Waals surface area contributed by atoms with E-state index >= 15 is 0 Å². The molecule has 1 aliphatic heterocycles. The van der Waals surface area contributed by atoms with Gasteiger partial charge in [0.1, 0.15) is 5.01 Å². The van der Waals surface area contributed by atoms with Gasteiger partial charge in [0.2, 0.25) is 10.0 Å². The van der Waals surface area contributed by atoms with Gasteiger partial charge in [0.25, 0.3) is 5.91 Å². The van der Waals surface area contributed by atoms with Gasteiger partial charge in [0.15, 0.2) is 0 Å². The zero-order valence-corrected chi connectivity index (χ0v) is 20.2. The molecule has 34 heavy (non-hydrogen) atoms. The first-order chi connectivity index (χ1) is 16.4. The number of rotatable bonds is 5. The molecule has 1 N–H and O–H groups in total. The van der Waals surface area contributed by atoms with Crippen molar-refractivity contribution in [2.24, 2.45) is 0 Å². The summed E-state index contributed by atoms with van der Waals surface area (Å²) in [6.45, 7) is 3.13. The highest BCUT2D eigenvalue weighted by molar-refractivity contribution is 7.89. The summed E-state index contributed by atoms with van der Waals surface area (Å²) < 4.78 is 33.8. The standard InChI is InChI=1S/C25H23N3O4S2/c1-17-6-11-20(34(30,31)28-12-14-32-15-13-28)16-21(17)24(29)26-19-9-7-18(8-10-19)25-27-22-4-2-3-5-23(22)33-25/h2-11,16H,12-15H2,1H3,(H,26,29). The second kappa shape index (κ2) is 9.27. The van der Waals surface area contributed by atoms with Crippen molar-refractivity contribution in [3.8, 4) is 10.6 Å². The molecule has 7 nitrogen and oxygen atoms in total. The van der Waals surface area contributed by atoms with Crippen LogP contribution in [0.25, 0.3) is 20.8 Å². The number of fused-ring (bicyclic) bond motifs is 1. The van der Waals surface area contributed by atoms with E-state index in [1.807, 2.05) is 48.5 Å². The molecule has 1 fully saturated rings. The third-order valence-electron chi connectivity index (χ3n) is 5.75. The van der Waals surface area contributed by atoms with Gasteiger partial charge in [-0.3, -0.25) is 4.79 Å². The van der Waals surface area contributed by atoms with Crippen molar-refractivity contribution in [3.05, 3.63) is 77.9 Å². The van der Waals surface area contributed by atoms with Gasteiger partial charge in [0, 0.05) is 29.9 Å². The highest BCUT2D eigenvalue weighted by atomic mass is 32.2. The second-order valence-electron chi connectivity index (χ2n) is 8.01. The summed E-state index contributed by atoms with van der Waals surface area (Å²) in [5.74, 6) is -0.357. The molecule has 3 aromatic carbocycles. The van der Waals surface area contributed by atoms with Crippen LogP contribution in [0.5, 0.6) is 0 Å². The number of carbonyl (C=O) groups is 1. The molecule has 174 valence electrons. The average molecular weight is 494 g/mol. The summed E-state index contributed by atoms with van der Waals surface area (Å²) in [5, 5.41) is 3.79. The normalized spacial score (nSPS) is 14.9. The molecule has 1 amide bonds. The van der Waals surface area contributed by atoms with Crippen molar-refractivity contribution in [2.45, 2.75) is 11.8 Å². The molecule has 1 aliphatic rings. The fourth-order valence-corrected chi connectivity index (χ4v) is 6.24. The number of morpholine rings is 1. The molecule has 0 radical (unpaired) electrons. The van der Waals surface area contributed by atoms with Gasteiger partial charge >= 0.3 is 0 Å². The monoisotopic (exact) mass is 493 g/mol. The fraction of sp³-hybridized carbons (Fsp3) is 0.200. The predicted octanol–water partition coefficient (Wildman–Crippen LogP) is 4.54. The Labute approximate surface area is 202 Å². The molecule has 0 aliphatic carbocycles. The SMILES string of the molecule is Cc1ccc(S(=O)(=O)N2CCOCC2)cc1C(=O)Nc1ccc(-c2nc3ccccc3s2)cc1. The average Bonchev–Trinajstić information content (AvgIpc) is 3.29. The molecule has 0 unspecified atom stereocenters. The molecule has 0 saturated carbocycles. The largest absolute Gasteiger partial charge is 0.379 e. The topological polar surface area (TPSA) is 88.6 Å². The van der Waals surface area contributed by atoms with Gasteiger partial charge in [-0.2, -0.15) is 4.31 Å². The lowest BCUT2D eigenvalue weighted by Gasteiger charge is -2.26. The maximum Gasteiger partial charge on any atom is 0.255 e. The van der Waals surface area contributed by atoms with Gasteiger partial charge in [-0.05, 0) is 61.0 Å². The molecule has 0 bridgehead atoms. The number of aromatic nitrogens is 1. The van der Waals surface area contributed by atoms with E-state index in [0.717, 1.165) is 20.8 Å². The fourth-order valence-electron chi connectivity index (χ4n) is 3.83. The van der Waals surface area contributed by atoms with E-state index in [1.165, 1.54) is 10.4 Å². The summed E-state index contributed by atoms with van der Waals surface area (Å²) in [4.78, 5) is 17.8. The van der Waals surface area contributed by atoms with E-state index < -0.39 is 10.0 Å². The second-order valence-corrected chi connectivity index (χ2v) is 11.0. The number of hydrogen-bond acceptors (Lipinski definition) is 6. The van der Waals surface area contributed by atoms with Crippen LogP contribution in [-0.2, 0) is 14.8 Å². The Morgan fingerprint density at radius 3 is 2.50 bits per heavy atom. The van der Waals surface area contributed by atoms with Gasteiger partial charge in [-0.25, -0.2) is 13.4 Å². The third kappa shape index (κ3) is 4.47. The molecule has 2 heterocycles. The number of para-hydroxylation sites is 1. The number of thiazole rings is 1. The van der Waals surface area contributed by atoms with Crippen LogP contribution < -0.4 is 5.32 Å². The Kier molecular flexibility index (Phi) is 6.18. The lowest BCUT2D eigenvalue weighted by atomic mass is 10.1. The maximum atomic E-state index is 13.0. The van der Waals surface area contributed by atoms with Crippen molar-refractivity contribution < 1.29 is 17.9 Å². The van der Waals surface area contributed by atoms with Crippen LogP contribution in [0.2, 0.25) is 0 Å². The molecular weight excluding hydrogens is 470 g/mol. The highest BCUT2D eigenvalue weighted by Gasteiger charge is 2.27. The van der Waals surface area contributed by atoms with E-state index in [1.54, 1.807) is 30.4 Å². The first kappa shape index (κ1) is 22.7. The van der Waals surface area contributed by atoms with Gasteiger partial charge < -0.3 is 10.1 Å². The molecule has 4 aromatic rings. The van der Waals surface area contributed by atoms with E-state index in [9.17, 15) is 13.2 Å². The van der Waals surface area contributed by atoms with E-state index in [0.29, 0.717) is 43.1 Å². The first-order valence-corrected chi connectivity index (χ1v) is 13.1. The van der Waals surface area contributed by atoms with Crippen LogP contribution in [0.4, 0.5) is 5.69 Å². The van der Waals surface area contributed by atoms with Crippen molar-refractivity contribution in [1.82, 2.24) is 9.29 Å². The molecular formula is C25H23N3O4S2. The summed E-state index contributed by atoms with van der Waals surface area (Å²) in [7, 11) is -3.69. The van der Waals surface area contributed by atoms with E-state index in [4.69, 9.17) is 4.74 Å². The van der Waals surface area contributed by atoms with Crippen molar-refractivity contribution >= 4 is 43.2 Å². The third-order valence-corrected chi connectivity index (χ3v) is 8.73. The van der Waals surface area contributed by atoms with E-state index in [-0.39, 0.29) is 10.8 Å². The number of ether oxygens (including phenoxy) is 1. The van der Waals surface area contributed by atoms with Crippen molar-refractivity contribution in [2.75, 3.05) is 31.6 Å². The van der Waals surface area contributed by atoms with Crippen LogP contribution in [0.3, 0.4) is 0 Å². The molecule has 9 heteroatoms. The number of benzene rings is 3. The number of sulfonamides is 1. The molecule has 0 spiro atoms. The first-order valence-electron chi connectivity index (χ1n) is 10.9. The Morgan fingerprint density at radius 2 is 1.76 bits per heavy atom. The number of nitrogens with zero attached hydrogens (tertiary/aromatic N) is 2. The summed E-state index contributed by atoms with van der Waals surface area (Å²) in [6, 6.07) is 20.1. The minimum atomic E-state index is -3.69. The van der Waals surface area contributed by atoms with Gasteiger partial charge in [-0.15, -0.1) is 11.3 Å². The summed E-state index contributed by atoms with van der Waals surface area (Å²) in [6.07, 6.45) is 0. The Balaban J connectivity index is 1.35. The predicted molar refractivity (Wildman–Crippen MR) is 134 cm³/mol. The summed E-state index contributed by atoms with van der Waals surface area (Å²) >= 11 is 1.62. The van der Waals surface area contributed by atoms with Gasteiger partial charge in [0.05, 0.1) is 28.3 Å². The Hall–Kier alpha value is -3.11. The number of amides is 1. The number of hydrogen-bond donors (Lipinski definition) is 1. The van der Waals surface area contributed by atoms with Crippen LogP contribution in [0.15, 0.2) is 71.6 Å². The molecule has 0 atom stereocenters. The minimum absolute atomic E-state index is 0.108. The minimum Gasteiger partial charge on any atom is -0.379 e. The number of carbonyl (C=O) groups excluding carboxylic acids is 1.